The first kappa shape index (κ1) is 16.5. The summed E-state index contributed by atoms with van der Waals surface area (Å²) in [6.07, 6.45) is 0.0141. The fourth-order valence-electron chi connectivity index (χ4n) is 1.83. The average Bonchev–Trinajstić information content (AvgIpc) is 2.39. The van der Waals surface area contributed by atoms with Gasteiger partial charge in [-0.3, -0.25) is 19.7 Å². The number of hydrogen-bond acceptors (Lipinski definition) is 5. The van der Waals surface area contributed by atoms with E-state index in [9.17, 15) is 29.2 Å². The number of hydrogen-bond donors (Lipinski definition) is 1. The minimum atomic E-state index is -1.72. The fraction of sp³-hybridized carbons (Fsp3) is 0.385. The lowest BCUT2D eigenvalue weighted by Gasteiger charge is -2.23. The second kappa shape index (κ2) is 6.29. The van der Waals surface area contributed by atoms with Crippen molar-refractivity contribution in [1.82, 2.24) is 0 Å². The Bertz CT molecular complexity index is 582. The molecule has 1 aromatic rings. The SMILES string of the molecule is CCC(CC)(C(=O)O)C(=O)Oc1ccc([N+](=O)[O-])c(F)c1. The van der Waals surface area contributed by atoms with Gasteiger partial charge in [0.1, 0.15) is 5.75 Å². The number of halogens is 1. The van der Waals surface area contributed by atoms with Gasteiger partial charge in [0.25, 0.3) is 0 Å². The summed E-state index contributed by atoms with van der Waals surface area (Å²) in [6, 6.07) is 2.56. The molecule has 8 heteroatoms. The summed E-state index contributed by atoms with van der Waals surface area (Å²) in [7, 11) is 0. The van der Waals surface area contributed by atoms with E-state index in [-0.39, 0.29) is 18.6 Å². The fourth-order valence-corrected chi connectivity index (χ4v) is 1.83. The summed E-state index contributed by atoms with van der Waals surface area (Å²) in [5.74, 6) is -3.82. The van der Waals surface area contributed by atoms with Gasteiger partial charge in [-0.25, -0.2) is 0 Å². The lowest BCUT2D eigenvalue weighted by atomic mass is 9.82. The van der Waals surface area contributed by atoms with Crippen LogP contribution in [0.3, 0.4) is 0 Å². The van der Waals surface area contributed by atoms with Crippen molar-refractivity contribution in [3.8, 4) is 5.75 Å². The molecule has 0 saturated carbocycles. The molecule has 7 nitrogen and oxygen atoms in total. The summed E-state index contributed by atoms with van der Waals surface area (Å²) in [5, 5.41) is 19.7. The Morgan fingerprint density at radius 3 is 2.33 bits per heavy atom. The first-order valence-corrected chi connectivity index (χ1v) is 6.18. The number of carboxylic acids is 1. The average molecular weight is 299 g/mol. The molecule has 21 heavy (non-hydrogen) atoms. The van der Waals surface area contributed by atoms with Crippen LogP contribution in [-0.2, 0) is 9.59 Å². The van der Waals surface area contributed by atoms with Crippen LogP contribution < -0.4 is 4.74 Å². The van der Waals surface area contributed by atoms with E-state index in [1.165, 1.54) is 13.8 Å². The van der Waals surface area contributed by atoms with Crippen LogP contribution in [0.15, 0.2) is 18.2 Å². The third-order valence-electron chi connectivity index (χ3n) is 3.33. The molecular formula is C13H14FNO6. The number of ether oxygens (including phenoxy) is 1. The largest absolute Gasteiger partial charge is 0.480 e. The maximum absolute atomic E-state index is 13.4. The Kier molecular flexibility index (Phi) is 4.96. The molecule has 0 fully saturated rings. The molecule has 0 unspecified atom stereocenters. The summed E-state index contributed by atoms with van der Waals surface area (Å²) in [5.41, 5.74) is -2.48. The number of nitro groups is 1. The topological polar surface area (TPSA) is 107 Å². The predicted octanol–water partition coefficient (Wildman–Crippen LogP) is 2.53. The molecule has 0 spiro atoms. The van der Waals surface area contributed by atoms with E-state index in [0.29, 0.717) is 6.07 Å². The molecule has 0 aliphatic carbocycles. The highest BCUT2D eigenvalue weighted by molar-refractivity contribution is 5.99. The quantitative estimate of drug-likeness (QED) is 0.284. The first-order chi connectivity index (χ1) is 9.78. The van der Waals surface area contributed by atoms with E-state index in [4.69, 9.17) is 4.74 Å². The number of carbonyl (C=O) groups excluding carboxylic acids is 1. The third kappa shape index (κ3) is 3.15. The Balaban J connectivity index is 3.05. The van der Waals surface area contributed by atoms with E-state index in [1.807, 2.05) is 0 Å². The van der Waals surface area contributed by atoms with Gasteiger partial charge < -0.3 is 9.84 Å². The molecule has 0 aliphatic heterocycles. The van der Waals surface area contributed by atoms with Crippen LogP contribution in [0.4, 0.5) is 10.1 Å². The van der Waals surface area contributed by atoms with Crippen LogP contribution in [0.2, 0.25) is 0 Å². The summed E-state index contributed by atoms with van der Waals surface area (Å²) >= 11 is 0. The molecule has 0 saturated heterocycles. The third-order valence-corrected chi connectivity index (χ3v) is 3.33. The second-order valence-corrected chi connectivity index (χ2v) is 4.35. The van der Waals surface area contributed by atoms with Crippen molar-refractivity contribution in [3.63, 3.8) is 0 Å². The number of benzene rings is 1. The summed E-state index contributed by atoms with van der Waals surface area (Å²) in [4.78, 5) is 32.8. The zero-order valence-corrected chi connectivity index (χ0v) is 11.5. The van der Waals surface area contributed by atoms with Gasteiger partial charge in [0.2, 0.25) is 5.82 Å². The van der Waals surface area contributed by atoms with Gasteiger partial charge in [-0.05, 0) is 18.9 Å². The molecule has 114 valence electrons. The van der Waals surface area contributed by atoms with Crippen molar-refractivity contribution < 1.29 is 28.7 Å². The summed E-state index contributed by atoms with van der Waals surface area (Å²) in [6.45, 7) is 3.05. The van der Waals surface area contributed by atoms with Crippen LogP contribution in [0, 0.1) is 21.3 Å². The van der Waals surface area contributed by atoms with Crippen molar-refractivity contribution in [2.24, 2.45) is 5.41 Å². The number of carboxylic acid groups (broad SMARTS) is 1. The minimum Gasteiger partial charge on any atom is -0.480 e. The van der Waals surface area contributed by atoms with Crippen LogP contribution in [0.5, 0.6) is 5.75 Å². The maximum Gasteiger partial charge on any atom is 0.328 e. The van der Waals surface area contributed by atoms with Crippen molar-refractivity contribution in [2.45, 2.75) is 26.7 Å². The van der Waals surface area contributed by atoms with Crippen LogP contribution in [-0.4, -0.2) is 22.0 Å². The predicted molar refractivity (Wildman–Crippen MR) is 69.3 cm³/mol. The van der Waals surface area contributed by atoms with Gasteiger partial charge in [-0.2, -0.15) is 4.39 Å². The highest BCUT2D eigenvalue weighted by Gasteiger charge is 2.44. The first-order valence-electron chi connectivity index (χ1n) is 6.18. The smallest absolute Gasteiger partial charge is 0.328 e. The maximum atomic E-state index is 13.4. The van der Waals surface area contributed by atoms with Crippen molar-refractivity contribution in [1.29, 1.82) is 0 Å². The Hall–Kier alpha value is -2.51. The number of carbonyl (C=O) groups is 2. The molecule has 0 aliphatic rings. The van der Waals surface area contributed by atoms with Gasteiger partial charge in [-0.15, -0.1) is 0 Å². The molecule has 0 heterocycles. The molecule has 1 rings (SSSR count). The monoisotopic (exact) mass is 299 g/mol. The molecule has 0 radical (unpaired) electrons. The lowest BCUT2D eigenvalue weighted by Crippen LogP contribution is -2.41. The Labute approximate surface area is 119 Å². The van der Waals surface area contributed by atoms with Crippen molar-refractivity contribution in [3.05, 3.63) is 34.1 Å². The van der Waals surface area contributed by atoms with E-state index in [2.05, 4.69) is 0 Å². The number of rotatable bonds is 6. The van der Waals surface area contributed by atoms with Crippen LogP contribution >= 0.6 is 0 Å². The molecule has 1 aromatic carbocycles. The molecule has 0 amide bonds. The minimum absolute atomic E-state index is 0.00707. The number of aliphatic carboxylic acids is 1. The van der Waals surface area contributed by atoms with Gasteiger partial charge in [0, 0.05) is 12.1 Å². The van der Waals surface area contributed by atoms with Crippen molar-refractivity contribution >= 4 is 17.6 Å². The Morgan fingerprint density at radius 2 is 1.95 bits per heavy atom. The normalized spacial score (nSPS) is 11.0. The van der Waals surface area contributed by atoms with Gasteiger partial charge in [-0.1, -0.05) is 13.8 Å². The zero-order valence-electron chi connectivity index (χ0n) is 11.5. The zero-order chi connectivity index (χ0) is 16.2. The van der Waals surface area contributed by atoms with Gasteiger partial charge in [0.05, 0.1) is 4.92 Å². The van der Waals surface area contributed by atoms with Crippen LogP contribution in [0.1, 0.15) is 26.7 Å². The summed E-state index contributed by atoms with van der Waals surface area (Å²) < 4.78 is 18.3. The number of nitro benzene ring substituents is 1. The highest BCUT2D eigenvalue weighted by Crippen LogP contribution is 2.30. The van der Waals surface area contributed by atoms with Gasteiger partial charge in [0.15, 0.2) is 5.41 Å². The molecular weight excluding hydrogens is 285 g/mol. The number of nitrogens with zero attached hydrogens (tertiary/aromatic N) is 1. The van der Waals surface area contributed by atoms with E-state index in [0.717, 1.165) is 12.1 Å². The molecule has 1 N–H and O–H groups in total. The lowest BCUT2D eigenvalue weighted by molar-refractivity contribution is -0.387. The van der Waals surface area contributed by atoms with E-state index in [1.54, 1.807) is 0 Å². The van der Waals surface area contributed by atoms with Crippen molar-refractivity contribution in [2.75, 3.05) is 0 Å². The van der Waals surface area contributed by atoms with Crippen LogP contribution in [0.25, 0.3) is 0 Å². The molecule has 0 bridgehead atoms. The van der Waals surface area contributed by atoms with E-state index >= 15 is 0 Å². The van der Waals surface area contributed by atoms with Gasteiger partial charge >= 0.3 is 17.6 Å². The standard InChI is InChI=1S/C13H14FNO6/c1-3-13(4-2,11(16)17)12(18)21-8-5-6-10(15(19)20)9(14)7-8/h5-7H,3-4H2,1-2H3,(H,16,17). The highest BCUT2D eigenvalue weighted by atomic mass is 19.1. The number of esters is 1. The van der Waals surface area contributed by atoms with E-state index < -0.39 is 33.8 Å². The Morgan fingerprint density at radius 1 is 1.38 bits per heavy atom. The second-order valence-electron chi connectivity index (χ2n) is 4.35. The molecule has 0 atom stereocenters. The molecule has 0 aromatic heterocycles.